The molecule has 0 saturated carbocycles. The quantitative estimate of drug-likeness (QED) is 0.760. The van der Waals surface area contributed by atoms with E-state index in [0.29, 0.717) is 0 Å². The SMILES string of the molecule is O=C(F)C(O)(c1ccccc1)C(F)F. The van der Waals surface area contributed by atoms with Gasteiger partial charge in [-0.15, -0.1) is 0 Å². The third-order valence-corrected chi connectivity index (χ3v) is 1.83. The molecule has 0 aliphatic carbocycles. The molecule has 0 spiro atoms. The van der Waals surface area contributed by atoms with Gasteiger partial charge in [0, 0.05) is 0 Å². The minimum Gasteiger partial charge on any atom is -0.370 e. The third kappa shape index (κ3) is 1.63. The lowest BCUT2D eigenvalue weighted by Crippen LogP contribution is -2.40. The van der Waals surface area contributed by atoms with Crippen LogP contribution < -0.4 is 0 Å². The Bertz CT molecular complexity index is 326. The maximum atomic E-state index is 12.3. The number of carbonyl (C=O) groups excluding carboxylic acids is 1. The summed E-state index contributed by atoms with van der Waals surface area (Å²) in [7, 11) is 0. The molecular weight excluding hydrogens is 197 g/mol. The zero-order valence-corrected chi connectivity index (χ0v) is 6.95. The molecule has 76 valence electrons. The maximum Gasteiger partial charge on any atom is 0.343 e. The molecule has 0 aromatic heterocycles. The van der Waals surface area contributed by atoms with E-state index in [1.165, 1.54) is 18.2 Å². The van der Waals surface area contributed by atoms with Crippen molar-refractivity contribution in [3.8, 4) is 0 Å². The Morgan fingerprint density at radius 1 is 1.29 bits per heavy atom. The molecule has 0 fully saturated rings. The Labute approximate surface area is 78.0 Å². The smallest absolute Gasteiger partial charge is 0.343 e. The summed E-state index contributed by atoms with van der Waals surface area (Å²) in [6.45, 7) is 0. The Morgan fingerprint density at radius 2 is 1.79 bits per heavy atom. The highest BCUT2D eigenvalue weighted by Gasteiger charge is 2.47. The average Bonchev–Trinajstić information content (AvgIpc) is 2.17. The number of benzene rings is 1. The zero-order chi connectivity index (χ0) is 10.8. The number of aliphatic hydroxyl groups is 1. The molecule has 1 N–H and O–H groups in total. The predicted molar refractivity (Wildman–Crippen MR) is 42.5 cm³/mol. The van der Waals surface area contributed by atoms with E-state index < -0.39 is 23.6 Å². The first kappa shape index (κ1) is 10.7. The number of hydrogen-bond acceptors (Lipinski definition) is 2. The first-order valence-electron chi connectivity index (χ1n) is 3.75. The molecule has 1 aromatic carbocycles. The fraction of sp³-hybridized carbons (Fsp3) is 0.222. The molecule has 0 aliphatic heterocycles. The van der Waals surface area contributed by atoms with Crippen LogP contribution >= 0.6 is 0 Å². The van der Waals surface area contributed by atoms with Gasteiger partial charge in [0.1, 0.15) is 0 Å². The van der Waals surface area contributed by atoms with Crippen molar-refractivity contribution in [3.63, 3.8) is 0 Å². The van der Waals surface area contributed by atoms with Crippen molar-refractivity contribution < 1.29 is 23.1 Å². The molecule has 14 heavy (non-hydrogen) atoms. The lowest BCUT2D eigenvalue weighted by atomic mass is 9.95. The van der Waals surface area contributed by atoms with Crippen molar-refractivity contribution in [2.75, 3.05) is 0 Å². The minimum absolute atomic E-state index is 0.456. The van der Waals surface area contributed by atoms with Gasteiger partial charge in [-0.2, -0.15) is 4.39 Å². The second kappa shape index (κ2) is 3.79. The summed E-state index contributed by atoms with van der Waals surface area (Å²) in [5.41, 5.74) is -3.80. The van der Waals surface area contributed by atoms with Gasteiger partial charge in [0.25, 0.3) is 6.43 Å². The number of rotatable bonds is 3. The van der Waals surface area contributed by atoms with E-state index in [9.17, 15) is 18.0 Å². The van der Waals surface area contributed by atoms with Crippen molar-refractivity contribution in [2.24, 2.45) is 0 Å². The second-order valence-electron chi connectivity index (χ2n) is 2.71. The van der Waals surface area contributed by atoms with Gasteiger partial charge < -0.3 is 5.11 Å². The van der Waals surface area contributed by atoms with Crippen LogP contribution in [-0.2, 0) is 10.4 Å². The lowest BCUT2D eigenvalue weighted by molar-refractivity contribution is -0.169. The zero-order valence-electron chi connectivity index (χ0n) is 6.95. The highest BCUT2D eigenvalue weighted by molar-refractivity contribution is 5.80. The van der Waals surface area contributed by atoms with Gasteiger partial charge >= 0.3 is 6.04 Å². The molecule has 1 aromatic rings. The minimum atomic E-state index is -3.50. The predicted octanol–water partition coefficient (Wildman–Crippen LogP) is 1.64. The molecule has 0 amide bonds. The van der Waals surface area contributed by atoms with Crippen molar-refractivity contribution >= 4 is 6.04 Å². The number of carbonyl (C=O) groups is 1. The van der Waals surface area contributed by atoms with Crippen molar-refractivity contribution in [1.29, 1.82) is 0 Å². The standard InChI is InChI=1S/C9H7F3O2/c10-7(11)9(14,8(12)13)6-4-2-1-3-5-6/h1-5,7,14H. The Kier molecular flexibility index (Phi) is 2.90. The molecule has 1 atom stereocenters. The van der Waals surface area contributed by atoms with Crippen LogP contribution in [0.25, 0.3) is 0 Å². The fourth-order valence-corrected chi connectivity index (χ4v) is 1.02. The van der Waals surface area contributed by atoms with Crippen molar-refractivity contribution in [2.45, 2.75) is 12.0 Å². The highest BCUT2D eigenvalue weighted by atomic mass is 19.3. The second-order valence-corrected chi connectivity index (χ2v) is 2.71. The summed E-state index contributed by atoms with van der Waals surface area (Å²) < 4.78 is 36.9. The number of halogens is 3. The highest BCUT2D eigenvalue weighted by Crippen LogP contribution is 2.29. The summed E-state index contributed by atoms with van der Waals surface area (Å²) in [6.07, 6.45) is -3.50. The van der Waals surface area contributed by atoms with Gasteiger partial charge in [-0.1, -0.05) is 30.3 Å². The molecule has 0 heterocycles. The first-order valence-corrected chi connectivity index (χ1v) is 3.75. The number of alkyl halides is 2. The summed E-state index contributed by atoms with van der Waals surface area (Å²) in [4.78, 5) is 10.3. The summed E-state index contributed by atoms with van der Waals surface area (Å²) >= 11 is 0. The van der Waals surface area contributed by atoms with E-state index in [2.05, 4.69) is 0 Å². The Hall–Kier alpha value is -1.36. The lowest BCUT2D eigenvalue weighted by Gasteiger charge is -2.21. The van der Waals surface area contributed by atoms with Crippen LogP contribution in [-0.4, -0.2) is 17.6 Å². The van der Waals surface area contributed by atoms with E-state index in [1.807, 2.05) is 0 Å². The van der Waals surface area contributed by atoms with E-state index in [4.69, 9.17) is 5.11 Å². The summed E-state index contributed by atoms with van der Waals surface area (Å²) in [5.74, 6) is 0. The third-order valence-electron chi connectivity index (χ3n) is 1.83. The van der Waals surface area contributed by atoms with E-state index >= 15 is 0 Å². The van der Waals surface area contributed by atoms with E-state index in [1.54, 1.807) is 0 Å². The molecule has 1 unspecified atom stereocenters. The molecule has 0 bridgehead atoms. The van der Waals surface area contributed by atoms with Crippen molar-refractivity contribution in [1.82, 2.24) is 0 Å². The maximum absolute atomic E-state index is 12.3. The molecule has 2 nitrogen and oxygen atoms in total. The summed E-state index contributed by atoms with van der Waals surface area (Å²) in [6, 6.07) is 3.81. The van der Waals surface area contributed by atoms with Crippen LogP contribution in [0.1, 0.15) is 5.56 Å². The molecule has 0 saturated heterocycles. The van der Waals surface area contributed by atoms with Gasteiger partial charge in [0.05, 0.1) is 0 Å². The Balaban J connectivity index is 3.20. The monoisotopic (exact) mass is 204 g/mol. The van der Waals surface area contributed by atoms with Crippen LogP contribution in [0.4, 0.5) is 13.2 Å². The molecule has 1 rings (SSSR count). The normalized spacial score (nSPS) is 15.2. The van der Waals surface area contributed by atoms with Gasteiger partial charge in [0.2, 0.25) is 5.60 Å². The van der Waals surface area contributed by atoms with Gasteiger partial charge in [-0.25, -0.2) is 8.78 Å². The van der Waals surface area contributed by atoms with Crippen LogP contribution in [0.5, 0.6) is 0 Å². The van der Waals surface area contributed by atoms with Crippen LogP contribution in [0.15, 0.2) is 30.3 Å². The molecule has 0 aliphatic rings. The van der Waals surface area contributed by atoms with Crippen LogP contribution in [0, 0.1) is 0 Å². The molecular formula is C9H7F3O2. The summed E-state index contributed by atoms with van der Waals surface area (Å²) in [5, 5.41) is 9.16. The first-order chi connectivity index (χ1) is 6.49. The topological polar surface area (TPSA) is 37.3 Å². The van der Waals surface area contributed by atoms with E-state index in [0.717, 1.165) is 12.1 Å². The molecule has 5 heteroatoms. The number of hydrogen-bond donors (Lipinski definition) is 1. The average molecular weight is 204 g/mol. The Morgan fingerprint density at radius 3 is 2.14 bits per heavy atom. The van der Waals surface area contributed by atoms with Gasteiger partial charge in [-0.05, 0) is 5.56 Å². The van der Waals surface area contributed by atoms with E-state index in [-0.39, 0.29) is 0 Å². The fourth-order valence-electron chi connectivity index (χ4n) is 1.02. The molecule has 0 radical (unpaired) electrons. The van der Waals surface area contributed by atoms with Crippen LogP contribution in [0.3, 0.4) is 0 Å². The van der Waals surface area contributed by atoms with Crippen molar-refractivity contribution in [3.05, 3.63) is 35.9 Å². The van der Waals surface area contributed by atoms with Crippen LogP contribution in [0.2, 0.25) is 0 Å². The van der Waals surface area contributed by atoms with Gasteiger partial charge in [0.15, 0.2) is 0 Å². The van der Waals surface area contributed by atoms with Gasteiger partial charge in [-0.3, -0.25) is 4.79 Å². The largest absolute Gasteiger partial charge is 0.370 e.